The summed E-state index contributed by atoms with van der Waals surface area (Å²) in [5, 5.41) is 7.56. The standard InChI is InChI=1S/C11H20N2/c1-3-11(10(2)12)6-9-13-7-4-5-8-13/h6,9,11-12H,3-5,7-8H2,1-2H3. The van der Waals surface area contributed by atoms with Gasteiger partial charge in [-0.05, 0) is 32.4 Å². The normalized spacial score (nSPS) is 19.7. The largest absolute Gasteiger partial charge is 0.378 e. The van der Waals surface area contributed by atoms with Gasteiger partial charge in [0.1, 0.15) is 0 Å². The molecule has 0 spiro atoms. The molecule has 0 saturated carbocycles. The second kappa shape index (κ2) is 5.05. The van der Waals surface area contributed by atoms with Crippen molar-refractivity contribution in [2.45, 2.75) is 33.1 Å². The SMILES string of the molecule is CCC(C=CN1CCCC1)C(C)=N. The molecule has 0 radical (unpaired) electrons. The molecule has 0 amide bonds. The second-order valence-electron chi connectivity index (χ2n) is 3.78. The van der Waals surface area contributed by atoms with Gasteiger partial charge in [-0.1, -0.05) is 13.0 Å². The van der Waals surface area contributed by atoms with Crippen LogP contribution in [0.1, 0.15) is 33.1 Å². The summed E-state index contributed by atoms with van der Waals surface area (Å²) in [6, 6.07) is 0. The number of hydrogen-bond donors (Lipinski definition) is 1. The van der Waals surface area contributed by atoms with Crippen molar-refractivity contribution in [3.05, 3.63) is 12.3 Å². The van der Waals surface area contributed by atoms with E-state index in [-0.39, 0.29) is 0 Å². The average molecular weight is 180 g/mol. The van der Waals surface area contributed by atoms with Crippen molar-refractivity contribution >= 4 is 5.71 Å². The molecule has 1 N–H and O–H groups in total. The van der Waals surface area contributed by atoms with Crippen molar-refractivity contribution in [3.8, 4) is 0 Å². The van der Waals surface area contributed by atoms with Crippen molar-refractivity contribution in [3.63, 3.8) is 0 Å². The topological polar surface area (TPSA) is 27.1 Å². The Hall–Kier alpha value is -0.790. The summed E-state index contributed by atoms with van der Waals surface area (Å²) in [5.41, 5.74) is 0.776. The maximum Gasteiger partial charge on any atom is 0.0173 e. The molecule has 1 aliphatic rings. The molecular formula is C11H20N2. The molecule has 2 heteroatoms. The summed E-state index contributed by atoms with van der Waals surface area (Å²) in [6.07, 6.45) is 8.04. The van der Waals surface area contributed by atoms with Gasteiger partial charge in [0.05, 0.1) is 0 Å². The molecule has 1 fully saturated rings. The molecule has 0 aromatic rings. The third-order valence-electron chi connectivity index (χ3n) is 2.67. The second-order valence-corrected chi connectivity index (χ2v) is 3.78. The van der Waals surface area contributed by atoms with Crippen LogP contribution in [0.4, 0.5) is 0 Å². The van der Waals surface area contributed by atoms with Gasteiger partial charge in [-0.2, -0.15) is 0 Å². The summed E-state index contributed by atoms with van der Waals surface area (Å²) in [6.45, 7) is 6.42. The van der Waals surface area contributed by atoms with Crippen LogP contribution in [0.3, 0.4) is 0 Å². The highest BCUT2D eigenvalue weighted by Crippen LogP contribution is 2.11. The van der Waals surface area contributed by atoms with E-state index in [1.54, 1.807) is 0 Å². The van der Waals surface area contributed by atoms with Crippen LogP contribution >= 0.6 is 0 Å². The van der Waals surface area contributed by atoms with Crippen LogP contribution in [-0.2, 0) is 0 Å². The van der Waals surface area contributed by atoms with E-state index in [0.717, 1.165) is 12.1 Å². The number of nitrogens with one attached hydrogen (secondary N) is 1. The lowest BCUT2D eigenvalue weighted by Gasteiger charge is -2.13. The summed E-state index contributed by atoms with van der Waals surface area (Å²) in [5.74, 6) is 0.348. The van der Waals surface area contributed by atoms with Gasteiger partial charge in [0.25, 0.3) is 0 Å². The zero-order valence-electron chi connectivity index (χ0n) is 8.71. The fraction of sp³-hybridized carbons (Fsp3) is 0.727. The fourth-order valence-electron chi connectivity index (χ4n) is 1.70. The van der Waals surface area contributed by atoms with Crippen LogP contribution in [0.2, 0.25) is 0 Å². The Morgan fingerprint density at radius 2 is 2.08 bits per heavy atom. The van der Waals surface area contributed by atoms with E-state index in [1.165, 1.54) is 25.9 Å². The van der Waals surface area contributed by atoms with Gasteiger partial charge in [0.2, 0.25) is 0 Å². The summed E-state index contributed by atoms with van der Waals surface area (Å²) >= 11 is 0. The zero-order chi connectivity index (χ0) is 9.68. The first kappa shape index (κ1) is 10.3. The van der Waals surface area contributed by atoms with Crippen molar-refractivity contribution in [2.24, 2.45) is 5.92 Å². The van der Waals surface area contributed by atoms with Crippen molar-refractivity contribution in [1.82, 2.24) is 4.90 Å². The highest BCUT2D eigenvalue weighted by molar-refractivity contribution is 5.82. The minimum atomic E-state index is 0.348. The number of allylic oxidation sites excluding steroid dienone is 1. The van der Waals surface area contributed by atoms with Crippen LogP contribution in [-0.4, -0.2) is 23.7 Å². The molecule has 1 unspecified atom stereocenters. The monoisotopic (exact) mass is 180 g/mol. The lowest BCUT2D eigenvalue weighted by atomic mass is 10.0. The Kier molecular flexibility index (Phi) is 4.00. The molecule has 1 saturated heterocycles. The average Bonchev–Trinajstić information content (AvgIpc) is 2.57. The maximum atomic E-state index is 7.56. The van der Waals surface area contributed by atoms with Crippen LogP contribution in [0.15, 0.2) is 12.3 Å². The highest BCUT2D eigenvalue weighted by atomic mass is 15.1. The zero-order valence-corrected chi connectivity index (χ0v) is 8.71. The van der Waals surface area contributed by atoms with E-state index >= 15 is 0 Å². The van der Waals surface area contributed by atoms with Crippen LogP contribution < -0.4 is 0 Å². The van der Waals surface area contributed by atoms with Gasteiger partial charge >= 0.3 is 0 Å². The first-order chi connectivity index (χ1) is 6.24. The van der Waals surface area contributed by atoms with Crippen LogP contribution in [0.25, 0.3) is 0 Å². The third kappa shape index (κ3) is 3.21. The highest BCUT2D eigenvalue weighted by Gasteiger charge is 2.08. The third-order valence-corrected chi connectivity index (χ3v) is 2.67. The number of hydrogen-bond acceptors (Lipinski definition) is 2. The van der Waals surface area contributed by atoms with E-state index in [2.05, 4.69) is 24.1 Å². The molecule has 13 heavy (non-hydrogen) atoms. The molecule has 0 aliphatic carbocycles. The van der Waals surface area contributed by atoms with Gasteiger partial charge in [-0.15, -0.1) is 0 Å². The molecule has 0 bridgehead atoms. The Labute approximate surface area is 81.1 Å². The lowest BCUT2D eigenvalue weighted by Crippen LogP contribution is -2.13. The molecule has 1 heterocycles. The van der Waals surface area contributed by atoms with E-state index in [0.29, 0.717) is 5.92 Å². The number of likely N-dealkylation sites (tertiary alicyclic amines) is 1. The predicted molar refractivity (Wildman–Crippen MR) is 57.1 cm³/mol. The first-order valence-corrected chi connectivity index (χ1v) is 5.21. The molecule has 74 valence electrons. The molecule has 1 aliphatic heterocycles. The molecule has 2 nitrogen and oxygen atoms in total. The molecule has 1 rings (SSSR count). The van der Waals surface area contributed by atoms with Crippen molar-refractivity contribution in [1.29, 1.82) is 5.41 Å². The van der Waals surface area contributed by atoms with Gasteiger partial charge in [-0.25, -0.2) is 0 Å². The number of nitrogens with zero attached hydrogens (tertiary/aromatic N) is 1. The molecule has 1 atom stereocenters. The fourth-order valence-corrected chi connectivity index (χ4v) is 1.70. The minimum Gasteiger partial charge on any atom is -0.378 e. The van der Waals surface area contributed by atoms with E-state index in [4.69, 9.17) is 5.41 Å². The first-order valence-electron chi connectivity index (χ1n) is 5.21. The van der Waals surface area contributed by atoms with Gasteiger partial charge in [0.15, 0.2) is 0 Å². The lowest BCUT2D eigenvalue weighted by molar-refractivity contribution is 0.464. The Morgan fingerprint density at radius 1 is 1.46 bits per heavy atom. The Morgan fingerprint density at radius 3 is 2.54 bits per heavy atom. The quantitative estimate of drug-likeness (QED) is 0.662. The molecule has 0 aromatic carbocycles. The summed E-state index contributed by atoms with van der Waals surface area (Å²) in [4.78, 5) is 2.35. The van der Waals surface area contributed by atoms with Gasteiger partial charge < -0.3 is 10.3 Å². The predicted octanol–water partition coefficient (Wildman–Crippen LogP) is 2.66. The Bertz CT molecular complexity index is 190. The summed E-state index contributed by atoms with van der Waals surface area (Å²) in [7, 11) is 0. The molecule has 0 aromatic heterocycles. The van der Waals surface area contributed by atoms with Gasteiger partial charge in [0, 0.05) is 24.7 Å². The minimum absolute atomic E-state index is 0.348. The smallest absolute Gasteiger partial charge is 0.0173 e. The van der Waals surface area contributed by atoms with Gasteiger partial charge in [-0.3, -0.25) is 0 Å². The summed E-state index contributed by atoms with van der Waals surface area (Å²) < 4.78 is 0. The van der Waals surface area contributed by atoms with E-state index in [9.17, 15) is 0 Å². The maximum absolute atomic E-state index is 7.56. The Balaban J connectivity index is 2.39. The van der Waals surface area contributed by atoms with E-state index in [1.807, 2.05) is 6.92 Å². The molecular weight excluding hydrogens is 160 g/mol. The van der Waals surface area contributed by atoms with Crippen molar-refractivity contribution in [2.75, 3.05) is 13.1 Å². The van der Waals surface area contributed by atoms with E-state index < -0.39 is 0 Å². The van der Waals surface area contributed by atoms with Crippen LogP contribution in [0.5, 0.6) is 0 Å². The van der Waals surface area contributed by atoms with Crippen LogP contribution in [0, 0.1) is 11.3 Å². The number of rotatable bonds is 4. The van der Waals surface area contributed by atoms with Crippen molar-refractivity contribution < 1.29 is 0 Å².